The van der Waals surface area contributed by atoms with Gasteiger partial charge in [0.05, 0.1) is 0 Å². The maximum absolute atomic E-state index is 10.5. The molecule has 4 heteroatoms. The Hall–Kier alpha value is -1.32. The summed E-state index contributed by atoms with van der Waals surface area (Å²) >= 11 is 0. The van der Waals surface area contributed by atoms with Crippen LogP contribution in [0.4, 0.5) is 0 Å². The second-order valence-electron chi connectivity index (χ2n) is 1.69. The maximum Gasteiger partial charge on any atom is 0.207 e. The summed E-state index contributed by atoms with van der Waals surface area (Å²) in [6.45, 7) is 1.38. The highest BCUT2D eigenvalue weighted by atomic mass is 16.3. The molecule has 0 atom stereocenters. The van der Waals surface area contributed by atoms with Crippen molar-refractivity contribution in [2.24, 2.45) is 0 Å². The van der Waals surface area contributed by atoms with E-state index < -0.39 is 0 Å². The number of aromatic hydroxyl groups is 1. The number of aromatic amines is 1. The van der Waals surface area contributed by atoms with Crippen LogP contribution in [0.15, 0.2) is 6.07 Å². The maximum atomic E-state index is 10.5. The monoisotopic (exact) mass is 126 g/mol. The molecule has 0 spiro atoms. The number of aromatic nitrogens is 2. The van der Waals surface area contributed by atoms with E-state index in [0.29, 0.717) is 0 Å². The Morgan fingerprint density at radius 3 is 2.78 bits per heavy atom. The van der Waals surface area contributed by atoms with E-state index in [4.69, 9.17) is 5.11 Å². The lowest BCUT2D eigenvalue weighted by Gasteiger charge is -1.77. The van der Waals surface area contributed by atoms with Crippen LogP contribution in [0.1, 0.15) is 17.4 Å². The normalized spacial score (nSPS) is 9.44. The zero-order valence-electron chi connectivity index (χ0n) is 4.88. The molecule has 0 radical (unpaired) electrons. The number of rotatable bonds is 1. The Morgan fingerprint density at radius 2 is 2.56 bits per heavy atom. The van der Waals surface area contributed by atoms with Gasteiger partial charge in [0.15, 0.2) is 5.78 Å². The summed E-state index contributed by atoms with van der Waals surface area (Å²) < 4.78 is 0. The highest BCUT2D eigenvalue weighted by Crippen LogP contribution is 2.04. The summed E-state index contributed by atoms with van der Waals surface area (Å²) in [6.07, 6.45) is 0. The molecule has 4 nitrogen and oxygen atoms in total. The molecule has 1 aromatic heterocycles. The zero-order chi connectivity index (χ0) is 6.85. The van der Waals surface area contributed by atoms with Gasteiger partial charge in [-0.2, -0.15) is 5.10 Å². The van der Waals surface area contributed by atoms with Crippen molar-refractivity contribution < 1.29 is 9.90 Å². The van der Waals surface area contributed by atoms with E-state index in [2.05, 4.69) is 10.2 Å². The van der Waals surface area contributed by atoms with Crippen LogP contribution >= 0.6 is 0 Å². The van der Waals surface area contributed by atoms with Gasteiger partial charge in [0, 0.05) is 13.0 Å². The van der Waals surface area contributed by atoms with Crippen molar-refractivity contribution in [2.45, 2.75) is 6.92 Å². The zero-order valence-corrected chi connectivity index (χ0v) is 4.88. The van der Waals surface area contributed by atoms with Gasteiger partial charge in [-0.25, -0.2) is 5.10 Å². The highest BCUT2D eigenvalue weighted by Gasteiger charge is 2.02. The van der Waals surface area contributed by atoms with Gasteiger partial charge >= 0.3 is 0 Å². The fourth-order valence-electron chi connectivity index (χ4n) is 0.492. The highest BCUT2D eigenvalue weighted by molar-refractivity contribution is 5.92. The van der Waals surface area contributed by atoms with E-state index >= 15 is 0 Å². The molecule has 0 bridgehead atoms. The molecule has 0 aliphatic carbocycles. The van der Waals surface area contributed by atoms with Crippen LogP contribution in [0.2, 0.25) is 0 Å². The fourth-order valence-corrected chi connectivity index (χ4v) is 0.492. The molecule has 0 saturated carbocycles. The molecular weight excluding hydrogens is 120 g/mol. The number of hydrogen-bond acceptors (Lipinski definition) is 3. The molecule has 1 rings (SSSR count). The van der Waals surface area contributed by atoms with Crippen molar-refractivity contribution >= 4 is 5.78 Å². The number of H-pyrrole nitrogens is 1. The van der Waals surface area contributed by atoms with Gasteiger partial charge in [0.25, 0.3) is 0 Å². The molecule has 0 aromatic carbocycles. The summed E-state index contributed by atoms with van der Waals surface area (Å²) in [7, 11) is 0. The third kappa shape index (κ3) is 1.07. The number of nitrogens with zero attached hydrogens (tertiary/aromatic N) is 1. The molecular formula is C5H6N2O2. The summed E-state index contributed by atoms with van der Waals surface area (Å²) in [5, 5.41) is 14.4. The molecule has 48 valence electrons. The van der Waals surface area contributed by atoms with Crippen LogP contribution in [-0.2, 0) is 0 Å². The predicted octanol–water partition coefficient (Wildman–Crippen LogP) is 0.318. The topological polar surface area (TPSA) is 66.0 Å². The lowest BCUT2D eigenvalue weighted by Crippen LogP contribution is -1.90. The Morgan fingerprint density at radius 1 is 1.89 bits per heavy atom. The molecule has 0 unspecified atom stereocenters. The summed E-state index contributed by atoms with van der Waals surface area (Å²) in [4.78, 5) is 10.5. The third-order valence-corrected chi connectivity index (χ3v) is 0.925. The number of carbonyl (C=O) groups is 1. The molecule has 0 aliphatic rings. The van der Waals surface area contributed by atoms with E-state index in [0.717, 1.165) is 0 Å². The Bertz CT molecular complexity index is 229. The van der Waals surface area contributed by atoms with Crippen molar-refractivity contribution in [1.82, 2.24) is 10.2 Å². The van der Waals surface area contributed by atoms with Gasteiger partial charge < -0.3 is 5.11 Å². The molecule has 2 N–H and O–H groups in total. The van der Waals surface area contributed by atoms with Gasteiger partial charge in [0.2, 0.25) is 5.88 Å². The summed E-state index contributed by atoms with van der Waals surface area (Å²) in [5.74, 6) is -0.244. The second-order valence-corrected chi connectivity index (χ2v) is 1.69. The lowest BCUT2D eigenvalue weighted by atomic mass is 10.3. The average Bonchev–Trinajstić information content (AvgIpc) is 2.14. The fraction of sp³-hybridized carbons (Fsp3) is 0.200. The first kappa shape index (κ1) is 5.81. The molecule has 0 amide bonds. The molecule has 1 heterocycles. The lowest BCUT2D eigenvalue weighted by molar-refractivity contribution is 0.101. The van der Waals surface area contributed by atoms with Gasteiger partial charge in [-0.1, -0.05) is 0 Å². The van der Waals surface area contributed by atoms with E-state index in [-0.39, 0.29) is 17.4 Å². The van der Waals surface area contributed by atoms with E-state index in [9.17, 15) is 4.79 Å². The third-order valence-electron chi connectivity index (χ3n) is 0.925. The second kappa shape index (κ2) is 1.89. The molecule has 9 heavy (non-hydrogen) atoms. The van der Waals surface area contributed by atoms with Crippen LogP contribution in [0, 0.1) is 0 Å². The largest absolute Gasteiger partial charge is 0.494 e. The number of carbonyl (C=O) groups excluding carboxylic acids is 1. The van der Waals surface area contributed by atoms with Crippen molar-refractivity contribution in [3.05, 3.63) is 11.8 Å². The molecule has 0 aliphatic heterocycles. The first-order valence-electron chi connectivity index (χ1n) is 2.45. The van der Waals surface area contributed by atoms with Gasteiger partial charge in [0.1, 0.15) is 5.69 Å². The van der Waals surface area contributed by atoms with Crippen molar-refractivity contribution in [3.8, 4) is 5.88 Å². The molecule has 0 fully saturated rings. The number of hydrogen-bond donors (Lipinski definition) is 2. The first-order chi connectivity index (χ1) is 4.20. The minimum atomic E-state index is -0.161. The Kier molecular flexibility index (Phi) is 1.22. The first-order valence-corrected chi connectivity index (χ1v) is 2.45. The summed E-state index contributed by atoms with van der Waals surface area (Å²) in [5.41, 5.74) is 0.257. The van der Waals surface area contributed by atoms with Crippen molar-refractivity contribution in [2.75, 3.05) is 0 Å². The Balaban J connectivity index is 2.98. The van der Waals surface area contributed by atoms with E-state index in [1.807, 2.05) is 0 Å². The van der Waals surface area contributed by atoms with Gasteiger partial charge in [-0.15, -0.1) is 0 Å². The number of ketones is 1. The smallest absolute Gasteiger partial charge is 0.207 e. The van der Waals surface area contributed by atoms with Crippen LogP contribution in [-0.4, -0.2) is 21.1 Å². The SMILES string of the molecule is CC(=O)c1cc(O)[nH]n1. The average molecular weight is 126 g/mol. The van der Waals surface area contributed by atoms with Crippen LogP contribution in [0.5, 0.6) is 5.88 Å². The van der Waals surface area contributed by atoms with Gasteiger partial charge in [-0.05, 0) is 0 Å². The quantitative estimate of drug-likeness (QED) is 0.532. The van der Waals surface area contributed by atoms with Crippen molar-refractivity contribution in [1.29, 1.82) is 0 Å². The van der Waals surface area contributed by atoms with Gasteiger partial charge in [-0.3, -0.25) is 4.79 Å². The molecule has 1 aromatic rings. The van der Waals surface area contributed by atoms with Crippen LogP contribution in [0.25, 0.3) is 0 Å². The minimum Gasteiger partial charge on any atom is -0.494 e. The van der Waals surface area contributed by atoms with Crippen LogP contribution in [0.3, 0.4) is 0 Å². The minimum absolute atomic E-state index is 0.0831. The Labute approximate surface area is 51.5 Å². The van der Waals surface area contributed by atoms with E-state index in [1.165, 1.54) is 13.0 Å². The predicted molar refractivity (Wildman–Crippen MR) is 30.3 cm³/mol. The standard InChI is InChI=1S/C5H6N2O2/c1-3(8)4-2-5(9)7-6-4/h2H,1H3,(H2,6,7,9). The number of nitrogens with one attached hydrogen (secondary N) is 1. The van der Waals surface area contributed by atoms with Crippen molar-refractivity contribution in [3.63, 3.8) is 0 Å². The van der Waals surface area contributed by atoms with Crippen LogP contribution < -0.4 is 0 Å². The molecule has 0 saturated heterocycles. The summed E-state index contributed by atoms with van der Waals surface area (Å²) in [6, 6.07) is 1.28. The van der Waals surface area contributed by atoms with E-state index in [1.54, 1.807) is 0 Å². The number of Topliss-reactive ketones (excluding diaryl/α,β-unsaturated/α-hetero) is 1.